The van der Waals surface area contributed by atoms with Gasteiger partial charge in [-0.2, -0.15) is 9.50 Å². The fraction of sp³-hybridized carbons (Fsp3) is 0.118. The molecule has 4 nitrogen and oxygen atoms in total. The molecule has 0 saturated heterocycles. The third-order valence-electron chi connectivity index (χ3n) is 3.62. The topological polar surface area (TPSA) is 47.3 Å². The molecule has 0 saturated carbocycles. The largest absolute Gasteiger partial charge is 0.291 e. The first kappa shape index (κ1) is 14.3. The Hall–Kier alpha value is -2.31. The lowest BCUT2D eigenvalue weighted by Crippen LogP contribution is -2.23. The van der Waals surface area contributed by atoms with Crippen molar-refractivity contribution in [3.05, 3.63) is 66.6 Å². The van der Waals surface area contributed by atoms with E-state index in [1.54, 1.807) is 11.3 Å². The Morgan fingerprint density at radius 1 is 1.22 bits per heavy atom. The number of thiophene rings is 1. The van der Waals surface area contributed by atoms with Gasteiger partial charge in [0.25, 0.3) is 5.56 Å². The second-order valence-corrected chi connectivity index (χ2v) is 7.34. The predicted molar refractivity (Wildman–Crippen MR) is 95.1 cm³/mol. The average Bonchev–Trinajstić information content (AvgIpc) is 3.19. The summed E-state index contributed by atoms with van der Waals surface area (Å²) in [5.74, 6) is 0.593. The number of aryl methyl sites for hydroxylation is 2. The third kappa shape index (κ3) is 2.50. The van der Waals surface area contributed by atoms with Crippen molar-refractivity contribution >= 4 is 33.7 Å². The molecule has 0 fully saturated rings. The van der Waals surface area contributed by atoms with Gasteiger partial charge in [0.2, 0.25) is 4.96 Å². The van der Waals surface area contributed by atoms with E-state index in [0.717, 1.165) is 16.0 Å². The van der Waals surface area contributed by atoms with E-state index in [1.807, 2.05) is 55.6 Å². The predicted octanol–water partition coefficient (Wildman–Crippen LogP) is 3.04. The monoisotopic (exact) mass is 339 g/mol. The summed E-state index contributed by atoms with van der Waals surface area (Å²) in [5, 5.41) is 6.41. The molecule has 3 heterocycles. The zero-order valence-corrected chi connectivity index (χ0v) is 14.2. The number of aromatic nitrogens is 3. The fourth-order valence-electron chi connectivity index (χ4n) is 2.39. The van der Waals surface area contributed by atoms with Crippen LogP contribution in [0.3, 0.4) is 0 Å². The highest BCUT2D eigenvalue weighted by atomic mass is 32.1. The van der Waals surface area contributed by atoms with Crippen LogP contribution in [0.2, 0.25) is 0 Å². The lowest BCUT2D eigenvalue weighted by Gasteiger charge is -1.95. The molecule has 0 amide bonds. The van der Waals surface area contributed by atoms with Crippen LogP contribution >= 0.6 is 22.7 Å². The molecule has 0 aliphatic heterocycles. The Labute approximate surface area is 140 Å². The summed E-state index contributed by atoms with van der Waals surface area (Å²) in [5.41, 5.74) is 3.14. The molecule has 23 heavy (non-hydrogen) atoms. The Morgan fingerprint density at radius 3 is 2.78 bits per heavy atom. The Morgan fingerprint density at radius 2 is 2.09 bits per heavy atom. The van der Waals surface area contributed by atoms with Crippen LogP contribution in [0.1, 0.15) is 16.0 Å². The molecule has 0 N–H and O–H groups in total. The van der Waals surface area contributed by atoms with Gasteiger partial charge in [0.05, 0.1) is 4.53 Å². The molecule has 4 rings (SSSR count). The number of hydrogen-bond donors (Lipinski definition) is 0. The van der Waals surface area contributed by atoms with E-state index < -0.39 is 0 Å². The summed E-state index contributed by atoms with van der Waals surface area (Å²) in [6, 6.07) is 10.0. The number of nitrogens with zero attached hydrogens (tertiary/aromatic N) is 3. The summed E-state index contributed by atoms with van der Waals surface area (Å²) in [4.78, 5) is 18.8. The molecule has 0 aliphatic rings. The number of benzene rings is 1. The molecule has 1 aromatic carbocycles. The highest BCUT2D eigenvalue weighted by Crippen LogP contribution is 2.18. The standard InChI is InChI=1S/C17H13N3OS2/c1-10-4-3-5-12(8-10)15-18-17-20(19-15)16(21)14(23-17)9-13-11(2)6-7-22-13/h3-9H,1-2H3. The van der Waals surface area contributed by atoms with Crippen LogP contribution in [-0.4, -0.2) is 14.6 Å². The van der Waals surface area contributed by atoms with E-state index in [0.29, 0.717) is 15.3 Å². The van der Waals surface area contributed by atoms with Crippen molar-refractivity contribution in [3.8, 4) is 11.4 Å². The van der Waals surface area contributed by atoms with Crippen molar-refractivity contribution in [2.24, 2.45) is 0 Å². The summed E-state index contributed by atoms with van der Waals surface area (Å²) in [6.07, 6.45) is 1.93. The molecule has 0 aliphatic carbocycles. The molecular weight excluding hydrogens is 326 g/mol. The Bertz CT molecular complexity index is 1120. The first-order valence-electron chi connectivity index (χ1n) is 7.14. The van der Waals surface area contributed by atoms with Gasteiger partial charge >= 0.3 is 0 Å². The van der Waals surface area contributed by atoms with Crippen LogP contribution in [0.5, 0.6) is 0 Å². The highest BCUT2D eigenvalue weighted by Gasteiger charge is 2.12. The molecule has 4 aromatic rings. The maximum absolute atomic E-state index is 12.5. The fourth-order valence-corrected chi connectivity index (χ4v) is 4.21. The van der Waals surface area contributed by atoms with Crippen LogP contribution in [0, 0.1) is 13.8 Å². The lowest BCUT2D eigenvalue weighted by atomic mass is 10.1. The van der Waals surface area contributed by atoms with Crippen LogP contribution in [0.4, 0.5) is 0 Å². The molecule has 6 heteroatoms. The maximum atomic E-state index is 12.5. The molecule has 0 spiro atoms. The molecular formula is C17H13N3OS2. The van der Waals surface area contributed by atoms with E-state index in [-0.39, 0.29) is 5.56 Å². The number of rotatable bonds is 2. The minimum Gasteiger partial charge on any atom is -0.266 e. The molecule has 114 valence electrons. The van der Waals surface area contributed by atoms with Gasteiger partial charge in [-0.05, 0) is 43.0 Å². The Kier molecular flexibility index (Phi) is 3.36. The number of hydrogen-bond acceptors (Lipinski definition) is 5. The lowest BCUT2D eigenvalue weighted by molar-refractivity contribution is 0.937. The van der Waals surface area contributed by atoms with E-state index in [1.165, 1.54) is 21.4 Å². The normalized spacial score (nSPS) is 12.3. The zero-order valence-electron chi connectivity index (χ0n) is 12.6. The zero-order chi connectivity index (χ0) is 16.0. The smallest absolute Gasteiger partial charge is 0.266 e. The van der Waals surface area contributed by atoms with Gasteiger partial charge in [-0.3, -0.25) is 4.79 Å². The van der Waals surface area contributed by atoms with E-state index in [9.17, 15) is 4.79 Å². The van der Waals surface area contributed by atoms with Crippen molar-refractivity contribution in [1.29, 1.82) is 0 Å². The minimum absolute atomic E-state index is 0.107. The van der Waals surface area contributed by atoms with Gasteiger partial charge in [0.15, 0.2) is 5.82 Å². The van der Waals surface area contributed by atoms with Gasteiger partial charge in [-0.15, -0.1) is 16.4 Å². The second kappa shape index (κ2) is 5.40. The van der Waals surface area contributed by atoms with Crippen LogP contribution in [0.15, 0.2) is 40.5 Å². The van der Waals surface area contributed by atoms with Gasteiger partial charge in [0.1, 0.15) is 0 Å². The third-order valence-corrected chi connectivity index (χ3v) is 5.55. The summed E-state index contributed by atoms with van der Waals surface area (Å²) < 4.78 is 2.07. The van der Waals surface area contributed by atoms with E-state index >= 15 is 0 Å². The molecule has 0 unspecified atom stereocenters. The number of fused-ring (bicyclic) bond motifs is 1. The van der Waals surface area contributed by atoms with Crippen molar-refractivity contribution in [2.75, 3.05) is 0 Å². The minimum atomic E-state index is -0.107. The summed E-state index contributed by atoms with van der Waals surface area (Å²) in [7, 11) is 0. The SMILES string of the molecule is Cc1cccc(-c2nc3sc(=Cc4sccc4C)c(=O)n3n2)c1. The summed E-state index contributed by atoms with van der Waals surface area (Å²) in [6.45, 7) is 4.07. The van der Waals surface area contributed by atoms with Gasteiger partial charge in [0, 0.05) is 10.4 Å². The van der Waals surface area contributed by atoms with E-state index in [4.69, 9.17) is 0 Å². The van der Waals surface area contributed by atoms with Crippen LogP contribution in [0.25, 0.3) is 22.4 Å². The molecule has 3 aromatic heterocycles. The van der Waals surface area contributed by atoms with Gasteiger partial charge in [-0.25, -0.2) is 0 Å². The molecule has 0 bridgehead atoms. The highest BCUT2D eigenvalue weighted by molar-refractivity contribution is 7.15. The van der Waals surface area contributed by atoms with Crippen molar-refractivity contribution in [1.82, 2.24) is 14.6 Å². The first-order chi connectivity index (χ1) is 11.1. The van der Waals surface area contributed by atoms with Crippen LogP contribution in [-0.2, 0) is 0 Å². The molecule has 0 atom stereocenters. The quantitative estimate of drug-likeness (QED) is 0.564. The first-order valence-corrected chi connectivity index (χ1v) is 8.84. The van der Waals surface area contributed by atoms with Gasteiger partial charge in [-0.1, -0.05) is 35.1 Å². The van der Waals surface area contributed by atoms with Crippen molar-refractivity contribution < 1.29 is 0 Å². The van der Waals surface area contributed by atoms with Crippen molar-refractivity contribution in [3.63, 3.8) is 0 Å². The number of thiazole rings is 1. The second-order valence-electron chi connectivity index (χ2n) is 5.38. The van der Waals surface area contributed by atoms with Crippen LogP contribution < -0.4 is 10.1 Å². The molecule has 0 radical (unpaired) electrons. The average molecular weight is 339 g/mol. The summed E-state index contributed by atoms with van der Waals surface area (Å²) >= 11 is 3.01. The van der Waals surface area contributed by atoms with Crippen molar-refractivity contribution in [2.45, 2.75) is 13.8 Å². The Balaban J connectivity index is 1.86. The van der Waals surface area contributed by atoms with Gasteiger partial charge < -0.3 is 0 Å². The van der Waals surface area contributed by atoms with E-state index in [2.05, 4.69) is 10.1 Å². The maximum Gasteiger partial charge on any atom is 0.291 e.